The summed E-state index contributed by atoms with van der Waals surface area (Å²) in [6.45, 7) is 0. The number of nitrogens with zero attached hydrogens (tertiary/aromatic N) is 3. The average Bonchev–Trinajstić information content (AvgIpc) is 3.79. The Morgan fingerprint density at radius 2 is 1.33 bits per heavy atom. The molecule has 0 amide bonds. The molecule has 3 aliphatic rings. The predicted octanol–water partition coefficient (Wildman–Crippen LogP) is 11.0. The Bertz CT molecular complexity index is 2840. The van der Waals surface area contributed by atoms with E-state index in [1.165, 1.54) is 21.7 Å². The van der Waals surface area contributed by atoms with Gasteiger partial charge in [0.05, 0.1) is 5.92 Å². The van der Waals surface area contributed by atoms with Gasteiger partial charge in [-0.1, -0.05) is 127 Å². The number of para-hydroxylation sites is 2. The van der Waals surface area contributed by atoms with Crippen molar-refractivity contribution in [2.45, 2.75) is 24.9 Å². The van der Waals surface area contributed by atoms with Crippen molar-refractivity contribution in [2.24, 2.45) is 0 Å². The number of hydrogen-bond acceptors (Lipinski definition) is 5. The molecule has 0 bridgehead atoms. The van der Waals surface area contributed by atoms with Crippen LogP contribution in [0.15, 0.2) is 156 Å². The fourth-order valence-electron chi connectivity index (χ4n) is 8.45. The normalized spacial score (nSPS) is 17.6. The van der Waals surface area contributed by atoms with Crippen LogP contribution in [0.3, 0.4) is 0 Å². The summed E-state index contributed by atoms with van der Waals surface area (Å²) in [7, 11) is 0. The fourth-order valence-corrected chi connectivity index (χ4v) is 8.45. The number of rotatable bonds is 4. The summed E-state index contributed by atoms with van der Waals surface area (Å²) < 4.78 is 13.0. The van der Waals surface area contributed by atoms with Gasteiger partial charge in [-0.05, 0) is 63.4 Å². The van der Waals surface area contributed by atoms with Crippen LogP contribution in [0.1, 0.15) is 46.4 Å². The molecule has 2 unspecified atom stereocenters. The average molecular weight is 670 g/mol. The van der Waals surface area contributed by atoms with Crippen molar-refractivity contribution in [3.05, 3.63) is 186 Å². The summed E-state index contributed by atoms with van der Waals surface area (Å²) in [6.07, 6.45) is 7.83. The smallest absolute Gasteiger partial charge is 0.165 e. The number of ether oxygens (including phenoxy) is 1. The maximum atomic E-state index is 6.52. The molecule has 2 atom stereocenters. The number of aryl methyl sites for hydroxylation is 1. The van der Waals surface area contributed by atoms with Crippen molar-refractivity contribution >= 4 is 49.2 Å². The zero-order chi connectivity index (χ0) is 34.2. The first-order valence-corrected chi connectivity index (χ1v) is 17.9. The van der Waals surface area contributed by atoms with E-state index in [-0.39, 0.29) is 12.0 Å². The molecule has 6 aromatic carbocycles. The molecule has 52 heavy (non-hydrogen) atoms. The minimum absolute atomic E-state index is 0.0356. The molecule has 5 heteroatoms. The first-order valence-electron chi connectivity index (χ1n) is 17.9. The number of allylic oxidation sites excluding steroid dienone is 3. The van der Waals surface area contributed by atoms with Crippen molar-refractivity contribution in [3.63, 3.8) is 0 Å². The highest BCUT2D eigenvalue weighted by atomic mass is 16.5. The first kappa shape index (κ1) is 29.2. The summed E-state index contributed by atoms with van der Waals surface area (Å²) in [5.74, 6) is 3.76. The van der Waals surface area contributed by atoms with Gasteiger partial charge in [-0.2, -0.15) is 0 Å². The number of fused-ring (bicyclic) bond motifs is 9. The molecule has 0 spiro atoms. The third kappa shape index (κ3) is 4.52. The van der Waals surface area contributed by atoms with E-state index >= 15 is 0 Å². The molecule has 11 rings (SSSR count). The van der Waals surface area contributed by atoms with Gasteiger partial charge in [0.25, 0.3) is 0 Å². The number of aromatic nitrogens is 3. The third-order valence-corrected chi connectivity index (χ3v) is 10.8. The quantitative estimate of drug-likeness (QED) is 0.175. The number of hydrogen-bond donors (Lipinski definition) is 0. The van der Waals surface area contributed by atoms with Gasteiger partial charge in [0, 0.05) is 39.6 Å². The van der Waals surface area contributed by atoms with Crippen LogP contribution in [0.4, 0.5) is 0 Å². The Hall–Kier alpha value is -6.59. The van der Waals surface area contributed by atoms with Crippen molar-refractivity contribution in [2.75, 3.05) is 0 Å². The Labute approximate surface area is 300 Å². The lowest BCUT2D eigenvalue weighted by Crippen LogP contribution is -2.21. The van der Waals surface area contributed by atoms with Crippen LogP contribution in [0.5, 0.6) is 5.75 Å². The van der Waals surface area contributed by atoms with E-state index in [1.807, 2.05) is 24.3 Å². The summed E-state index contributed by atoms with van der Waals surface area (Å²) in [5.41, 5.74) is 8.41. The molecule has 0 saturated heterocycles. The zero-order valence-electron chi connectivity index (χ0n) is 28.2. The van der Waals surface area contributed by atoms with E-state index in [0.717, 1.165) is 74.1 Å². The van der Waals surface area contributed by atoms with Gasteiger partial charge in [0.15, 0.2) is 17.5 Å². The van der Waals surface area contributed by atoms with E-state index < -0.39 is 0 Å². The number of benzene rings is 6. The van der Waals surface area contributed by atoms with Gasteiger partial charge in [0.1, 0.15) is 23.2 Å². The molecule has 1 aliphatic heterocycles. The van der Waals surface area contributed by atoms with Crippen LogP contribution in [0.25, 0.3) is 60.6 Å². The lowest BCUT2D eigenvalue weighted by atomic mass is 9.83. The standard InChI is InChI=1S/C47H31N3O2/c1-2-11-28(12-3-1)34-25-26-41-43(36-16-7-9-19-39(36)52-41)44(34)47-49-45(31-23-24-33-30(27-31)22-21-29-13-4-5-14-32(29)33)48-46(50-47)37-17-10-20-40-42(37)35-15-6-8-18-38(35)51-40/h1-24,27,40,42H,25-26H2. The van der Waals surface area contributed by atoms with Crippen molar-refractivity contribution in [3.8, 4) is 17.1 Å². The van der Waals surface area contributed by atoms with Crippen molar-refractivity contribution in [1.29, 1.82) is 0 Å². The van der Waals surface area contributed by atoms with Crippen LogP contribution in [0.2, 0.25) is 0 Å². The second-order valence-electron chi connectivity index (χ2n) is 13.7. The third-order valence-electron chi connectivity index (χ3n) is 10.8. The van der Waals surface area contributed by atoms with Crippen LogP contribution < -0.4 is 4.74 Å². The lowest BCUT2D eigenvalue weighted by molar-refractivity contribution is 0.271. The zero-order valence-corrected chi connectivity index (χ0v) is 28.2. The highest BCUT2D eigenvalue weighted by molar-refractivity contribution is 6.09. The number of furan rings is 1. The Balaban J connectivity index is 1.18. The van der Waals surface area contributed by atoms with Crippen molar-refractivity contribution < 1.29 is 9.15 Å². The molecule has 0 saturated carbocycles. The van der Waals surface area contributed by atoms with Crippen LogP contribution >= 0.6 is 0 Å². The molecule has 5 nitrogen and oxygen atoms in total. The van der Waals surface area contributed by atoms with E-state index in [2.05, 4.69) is 127 Å². The van der Waals surface area contributed by atoms with E-state index in [1.54, 1.807) is 0 Å². The monoisotopic (exact) mass is 669 g/mol. The van der Waals surface area contributed by atoms with Gasteiger partial charge in [0.2, 0.25) is 0 Å². The molecule has 2 aromatic heterocycles. The fraction of sp³-hybridized carbons (Fsp3) is 0.0851. The molecular weight excluding hydrogens is 639 g/mol. The maximum Gasteiger partial charge on any atom is 0.165 e. The molecule has 0 radical (unpaired) electrons. The molecular formula is C47H31N3O2. The summed E-state index contributed by atoms with van der Waals surface area (Å²) in [4.78, 5) is 16.1. The highest BCUT2D eigenvalue weighted by Crippen LogP contribution is 2.49. The minimum atomic E-state index is -0.131. The largest absolute Gasteiger partial charge is 0.485 e. The van der Waals surface area contributed by atoms with Gasteiger partial charge < -0.3 is 9.15 Å². The van der Waals surface area contributed by atoms with Crippen LogP contribution in [-0.4, -0.2) is 21.1 Å². The van der Waals surface area contributed by atoms with E-state index in [9.17, 15) is 0 Å². The maximum absolute atomic E-state index is 6.52. The van der Waals surface area contributed by atoms with Gasteiger partial charge in [-0.3, -0.25) is 0 Å². The molecule has 246 valence electrons. The summed E-state index contributed by atoms with van der Waals surface area (Å²) in [5, 5.41) is 5.87. The lowest BCUT2D eigenvalue weighted by Gasteiger charge is -2.24. The predicted molar refractivity (Wildman–Crippen MR) is 208 cm³/mol. The summed E-state index contributed by atoms with van der Waals surface area (Å²) >= 11 is 0. The SMILES string of the molecule is C1=CC2Oc3ccccc3C2C(c2nc(C3=C(c4ccccc4)CCc4oc5ccccc5c43)nc(-c3ccc4c(ccc5ccccc54)c3)n2)=C1. The van der Waals surface area contributed by atoms with Gasteiger partial charge in [-0.15, -0.1) is 0 Å². The second kappa shape index (κ2) is 11.5. The van der Waals surface area contributed by atoms with Crippen LogP contribution in [0, 0.1) is 0 Å². The Kier molecular flexibility index (Phi) is 6.44. The molecule has 3 heterocycles. The van der Waals surface area contributed by atoms with Crippen molar-refractivity contribution in [1.82, 2.24) is 15.0 Å². The van der Waals surface area contributed by atoms with E-state index in [0.29, 0.717) is 17.5 Å². The molecule has 0 N–H and O–H groups in total. The van der Waals surface area contributed by atoms with E-state index in [4.69, 9.17) is 24.1 Å². The molecule has 2 aliphatic carbocycles. The van der Waals surface area contributed by atoms with Gasteiger partial charge in [-0.25, -0.2) is 15.0 Å². The minimum Gasteiger partial charge on any atom is -0.485 e. The molecule has 8 aromatic rings. The highest BCUT2D eigenvalue weighted by Gasteiger charge is 2.39. The summed E-state index contributed by atoms with van der Waals surface area (Å²) in [6, 6.07) is 46.7. The van der Waals surface area contributed by atoms with Crippen LogP contribution in [-0.2, 0) is 6.42 Å². The second-order valence-corrected chi connectivity index (χ2v) is 13.7. The Morgan fingerprint density at radius 1 is 0.577 bits per heavy atom. The topological polar surface area (TPSA) is 61.0 Å². The molecule has 0 fully saturated rings. The first-order chi connectivity index (χ1) is 25.8. The Morgan fingerprint density at radius 3 is 2.27 bits per heavy atom. The van der Waals surface area contributed by atoms with Gasteiger partial charge >= 0.3 is 0 Å².